The molecule has 0 N–H and O–H groups in total. The van der Waals surface area contributed by atoms with Gasteiger partial charge in [0.25, 0.3) is 0 Å². The molecule has 8 heterocycles. The van der Waals surface area contributed by atoms with E-state index >= 15 is 0 Å². The normalized spacial score (nSPS) is 11.6. The molecule has 6 aromatic heterocycles. The topological polar surface area (TPSA) is 92.7 Å². The summed E-state index contributed by atoms with van der Waals surface area (Å²) < 4.78 is 0. The number of hydrogen-bond donors (Lipinski definition) is 0. The third-order valence-corrected chi connectivity index (χ3v) is 14.6. The van der Waals surface area contributed by atoms with Crippen molar-refractivity contribution in [1.29, 1.82) is 0 Å². The van der Waals surface area contributed by atoms with Gasteiger partial charge in [-0.2, -0.15) is 0 Å². The van der Waals surface area contributed by atoms with E-state index in [0.29, 0.717) is 0 Å². The Balaban J connectivity index is 0.00000645. The second kappa shape index (κ2) is 20.9. The van der Waals surface area contributed by atoms with E-state index in [4.69, 9.17) is 24.9 Å². The largest absolute Gasteiger partial charge is 2.00 e. The predicted octanol–water partition coefficient (Wildman–Crippen LogP) is 16.3. The van der Waals surface area contributed by atoms with E-state index in [-0.39, 0.29) is 19.5 Å². The fourth-order valence-corrected chi connectivity index (χ4v) is 11.6. The Morgan fingerprint density at radius 3 is 1.03 bits per heavy atom. The third-order valence-electron chi connectivity index (χ3n) is 14.6. The summed E-state index contributed by atoms with van der Waals surface area (Å²) in [6.07, 6.45) is 12.2. The van der Waals surface area contributed by atoms with Crippen molar-refractivity contribution in [3.63, 3.8) is 0 Å². The number of aromatic nitrogens is 7. The molecule has 7 nitrogen and oxygen atoms in total. The molecule has 0 unspecified atom stereocenters. The van der Waals surface area contributed by atoms with Crippen LogP contribution < -0.4 is 9.97 Å². The molecular formula is C70H55N7Zn. The molecule has 2 aliphatic rings. The predicted molar refractivity (Wildman–Crippen MR) is 318 cm³/mol. The monoisotopic (exact) mass is 1060 g/mol. The molecule has 10 aromatic rings. The van der Waals surface area contributed by atoms with Gasteiger partial charge in [0.05, 0.1) is 45.6 Å². The SMILES string of the molecule is Cc1cc(C)c(-c2c3nc(c(-c4c(C)cc(C)cc4C)c4ccc([n-]4)c(-c4c(C)cc(C)cc4C)c4nc(c(-c5ccc(C#Cc6cc(-c7ccccn7)nc(-c7ccccn7)c6)cc5)c5ccc2[n-]5)C=C4)C=C3)c(C)c1.[Zn+2]. The van der Waals surface area contributed by atoms with Crippen LogP contribution >= 0.6 is 0 Å². The Morgan fingerprint density at radius 1 is 0.321 bits per heavy atom. The van der Waals surface area contributed by atoms with Crippen LogP contribution in [0.3, 0.4) is 0 Å². The standard InChI is InChI=1S/C70H55N7.Zn/c1-40-32-43(4)64(44(5)33-40)68-56-24-22-54(73-56)67(51-20-18-49(19-21-51)16-17-50-38-62(52-14-10-12-30-71-52)77-63(39-50)53-15-11-13-31-72-53)55-23-25-57(74-55)69(65-45(6)34-41(2)35-46(65)7)59-27-29-61(76-59)70(60-28-26-58(68)75-60)66-47(8)36-42(3)37-48(66)9;/h10-15,18-39H,1-9H3;/q-2;+2. The van der Waals surface area contributed by atoms with Gasteiger partial charge in [0.2, 0.25) is 0 Å². The van der Waals surface area contributed by atoms with Gasteiger partial charge in [0, 0.05) is 23.5 Å². The number of hydrogen-bond acceptors (Lipinski definition) is 5. The Kier molecular flexibility index (Phi) is 13.7. The smallest absolute Gasteiger partial charge is 0.657 e. The molecule has 0 spiro atoms. The number of pyridine rings is 3. The molecule has 372 valence electrons. The van der Waals surface area contributed by atoms with Crippen molar-refractivity contribution in [3.05, 3.63) is 230 Å². The number of rotatable bonds is 6. The van der Waals surface area contributed by atoms with Crippen molar-refractivity contribution < 1.29 is 19.5 Å². The Bertz CT molecular complexity index is 4170. The van der Waals surface area contributed by atoms with Crippen molar-refractivity contribution in [1.82, 2.24) is 34.9 Å². The first kappa shape index (κ1) is 51.2. The quantitative estimate of drug-likeness (QED) is 0.121. The first-order valence-corrected chi connectivity index (χ1v) is 26.1. The minimum atomic E-state index is 0. The summed E-state index contributed by atoms with van der Waals surface area (Å²) in [6, 6.07) is 46.2. The summed E-state index contributed by atoms with van der Waals surface area (Å²) in [6.45, 7) is 19.6. The van der Waals surface area contributed by atoms with Crippen LogP contribution in [-0.4, -0.2) is 24.9 Å². The van der Waals surface area contributed by atoms with Gasteiger partial charge in [-0.15, -0.1) is 22.1 Å². The first-order valence-electron chi connectivity index (χ1n) is 26.1. The summed E-state index contributed by atoms with van der Waals surface area (Å²) in [5.41, 5.74) is 30.2. The van der Waals surface area contributed by atoms with Crippen LogP contribution in [0.15, 0.2) is 146 Å². The molecule has 0 saturated heterocycles. The summed E-state index contributed by atoms with van der Waals surface area (Å²) in [5.74, 6) is 6.89. The minimum absolute atomic E-state index is 0. The van der Waals surface area contributed by atoms with Crippen LogP contribution in [0.1, 0.15) is 84.0 Å². The number of aryl methyl sites for hydroxylation is 9. The van der Waals surface area contributed by atoms with E-state index in [9.17, 15) is 0 Å². The maximum Gasteiger partial charge on any atom is 2.00 e. The average Bonchev–Trinajstić information content (AvgIpc) is 4.44. The van der Waals surface area contributed by atoms with E-state index in [2.05, 4.69) is 193 Å². The second-order valence-corrected chi connectivity index (χ2v) is 20.6. The zero-order valence-electron chi connectivity index (χ0n) is 45.5. The molecule has 0 fully saturated rings. The van der Waals surface area contributed by atoms with Crippen molar-refractivity contribution in [3.8, 4) is 79.1 Å². The van der Waals surface area contributed by atoms with E-state index in [1.54, 1.807) is 12.4 Å². The van der Waals surface area contributed by atoms with E-state index < -0.39 is 0 Å². The van der Waals surface area contributed by atoms with Gasteiger partial charge in [-0.1, -0.05) is 113 Å². The molecule has 8 heteroatoms. The van der Waals surface area contributed by atoms with Crippen LogP contribution in [0.25, 0.3) is 114 Å². The van der Waals surface area contributed by atoms with Gasteiger partial charge < -0.3 is 9.97 Å². The van der Waals surface area contributed by atoms with Gasteiger partial charge in [0.15, 0.2) is 0 Å². The number of fused-ring (bicyclic) bond motifs is 8. The van der Waals surface area contributed by atoms with Gasteiger partial charge in [-0.25, -0.2) is 15.0 Å². The van der Waals surface area contributed by atoms with Crippen molar-refractivity contribution in [2.24, 2.45) is 0 Å². The molecule has 0 atom stereocenters. The van der Waals surface area contributed by atoms with Gasteiger partial charge in [-0.3, -0.25) is 9.97 Å². The van der Waals surface area contributed by atoms with Crippen LogP contribution in [0.4, 0.5) is 0 Å². The van der Waals surface area contributed by atoms with Crippen LogP contribution in [0.2, 0.25) is 0 Å². The van der Waals surface area contributed by atoms with Crippen molar-refractivity contribution in [2.75, 3.05) is 0 Å². The van der Waals surface area contributed by atoms with E-state index in [0.717, 1.165) is 123 Å². The Hall–Kier alpha value is -8.89. The first-order chi connectivity index (χ1) is 37.3. The van der Waals surface area contributed by atoms with E-state index in [1.165, 1.54) is 50.1 Å². The zero-order chi connectivity index (χ0) is 53.1. The second-order valence-electron chi connectivity index (χ2n) is 20.6. The van der Waals surface area contributed by atoms with Crippen LogP contribution in [-0.2, 0) is 19.5 Å². The van der Waals surface area contributed by atoms with E-state index in [1.807, 2.05) is 48.5 Å². The summed E-state index contributed by atoms with van der Waals surface area (Å²) in [5, 5.41) is 0. The average molecular weight is 1060 g/mol. The van der Waals surface area contributed by atoms with Crippen molar-refractivity contribution >= 4 is 46.4 Å². The molecule has 0 amide bonds. The molecule has 0 saturated carbocycles. The summed E-state index contributed by atoms with van der Waals surface area (Å²) >= 11 is 0. The molecule has 0 aliphatic carbocycles. The minimum Gasteiger partial charge on any atom is -0.657 e. The van der Waals surface area contributed by atoms with Gasteiger partial charge in [-0.05, 0) is 213 Å². The molecule has 2 aliphatic heterocycles. The molecule has 8 bridgehead atoms. The zero-order valence-corrected chi connectivity index (χ0v) is 48.5. The van der Waals surface area contributed by atoms with Crippen LogP contribution in [0, 0.1) is 74.2 Å². The Morgan fingerprint density at radius 2 is 0.667 bits per heavy atom. The number of nitrogens with zero attached hydrogens (tertiary/aromatic N) is 7. The van der Waals surface area contributed by atoms with Gasteiger partial charge >= 0.3 is 19.5 Å². The third kappa shape index (κ3) is 9.68. The molecule has 0 radical (unpaired) electrons. The van der Waals surface area contributed by atoms with Gasteiger partial charge in [0.1, 0.15) is 0 Å². The number of benzene rings is 4. The fraction of sp³-hybridized carbons (Fsp3) is 0.129. The molecule has 78 heavy (non-hydrogen) atoms. The Labute approximate surface area is 469 Å². The van der Waals surface area contributed by atoms with Crippen molar-refractivity contribution in [2.45, 2.75) is 62.3 Å². The summed E-state index contributed by atoms with van der Waals surface area (Å²) in [7, 11) is 0. The fourth-order valence-electron chi connectivity index (χ4n) is 11.6. The summed E-state index contributed by atoms with van der Waals surface area (Å²) in [4.78, 5) is 36.6. The molecular weight excluding hydrogens is 1000 g/mol. The van der Waals surface area contributed by atoms with Crippen LogP contribution in [0.5, 0.6) is 0 Å². The maximum atomic E-state index is 5.62. The molecule has 4 aromatic carbocycles. The molecule has 12 rings (SSSR count). The maximum absolute atomic E-state index is 5.62.